The molecule has 20 heavy (non-hydrogen) atoms. The Morgan fingerprint density at radius 2 is 2.05 bits per heavy atom. The predicted octanol–water partition coefficient (Wildman–Crippen LogP) is 2.67. The van der Waals surface area contributed by atoms with Gasteiger partial charge >= 0.3 is 0 Å². The Morgan fingerprint density at radius 1 is 1.30 bits per heavy atom. The number of carbonyl (C=O) groups is 1. The van der Waals surface area contributed by atoms with Crippen LogP contribution in [0.4, 0.5) is 5.13 Å². The second-order valence-corrected chi connectivity index (χ2v) is 5.73. The Balaban J connectivity index is 1.66. The molecule has 0 saturated carbocycles. The number of nitrogen functional groups attached to an aromatic ring is 1. The van der Waals surface area contributed by atoms with Gasteiger partial charge in [-0.3, -0.25) is 4.79 Å². The van der Waals surface area contributed by atoms with Crippen molar-refractivity contribution in [2.75, 3.05) is 12.3 Å². The van der Waals surface area contributed by atoms with Crippen LogP contribution in [0, 0.1) is 0 Å². The van der Waals surface area contributed by atoms with Gasteiger partial charge in [0.2, 0.25) is 5.91 Å². The number of nitrogens with one attached hydrogen (secondary N) is 1. The fourth-order valence-electron chi connectivity index (χ4n) is 1.76. The number of hydrogen-bond acceptors (Lipinski definition) is 4. The van der Waals surface area contributed by atoms with Crippen molar-refractivity contribution in [2.24, 2.45) is 0 Å². The van der Waals surface area contributed by atoms with Gasteiger partial charge in [-0.25, -0.2) is 4.98 Å². The molecular weight excluding hydrogens is 294 g/mol. The van der Waals surface area contributed by atoms with Crippen molar-refractivity contribution in [3.63, 3.8) is 0 Å². The average Bonchev–Trinajstić information content (AvgIpc) is 2.85. The first-order valence-corrected chi connectivity index (χ1v) is 7.60. The summed E-state index contributed by atoms with van der Waals surface area (Å²) in [5.74, 6) is 0.0329. The lowest BCUT2D eigenvalue weighted by Gasteiger charge is -2.05. The van der Waals surface area contributed by atoms with E-state index in [-0.39, 0.29) is 5.91 Å². The normalized spacial score (nSPS) is 10.4. The Kier molecular flexibility index (Phi) is 5.38. The number of benzene rings is 1. The van der Waals surface area contributed by atoms with Crippen LogP contribution >= 0.6 is 22.9 Å². The zero-order valence-electron chi connectivity index (χ0n) is 10.9. The lowest BCUT2D eigenvalue weighted by Crippen LogP contribution is -2.25. The Morgan fingerprint density at radius 3 is 2.70 bits per heavy atom. The highest BCUT2D eigenvalue weighted by molar-refractivity contribution is 7.13. The van der Waals surface area contributed by atoms with E-state index in [1.807, 2.05) is 29.6 Å². The molecule has 6 heteroatoms. The molecule has 0 spiro atoms. The molecule has 0 bridgehead atoms. The zero-order chi connectivity index (χ0) is 14.4. The smallest absolute Gasteiger partial charge is 0.220 e. The van der Waals surface area contributed by atoms with Crippen LogP contribution in [0.15, 0.2) is 29.6 Å². The minimum absolute atomic E-state index is 0.0329. The molecule has 2 aromatic rings. The highest BCUT2D eigenvalue weighted by Crippen LogP contribution is 2.12. The van der Waals surface area contributed by atoms with Gasteiger partial charge < -0.3 is 11.1 Å². The summed E-state index contributed by atoms with van der Waals surface area (Å²) in [6.45, 7) is 0.625. The quantitative estimate of drug-likeness (QED) is 0.862. The van der Waals surface area contributed by atoms with Crippen molar-refractivity contribution < 1.29 is 4.79 Å². The van der Waals surface area contributed by atoms with E-state index in [0.717, 1.165) is 22.7 Å². The molecule has 0 aliphatic carbocycles. The SMILES string of the molecule is Nc1nc(CCC(=O)NCCc2ccc(Cl)cc2)cs1. The second kappa shape index (κ2) is 7.26. The number of aromatic nitrogens is 1. The monoisotopic (exact) mass is 309 g/mol. The van der Waals surface area contributed by atoms with E-state index < -0.39 is 0 Å². The van der Waals surface area contributed by atoms with E-state index in [0.29, 0.717) is 24.5 Å². The molecule has 106 valence electrons. The number of nitrogens with zero attached hydrogens (tertiary/aromatic N) is 1. The number of halogens is 1. The molecular formula is C14H16ClN3OS. The Labute approximate surface area is 127 Å². The van der Waals surface area contributed by atoms with Crippen LogP contribution in [-0.2, 0) is 17.6 Å². The lowest BCUT2D eigenvalue weighted by atomic mass is 10.1. The average molecular weight is 310 g/mol. The molecule has 0 fully saturated rings. The van der Waals surface area contributed by atoms with Crippen molar-refractivity contribution in [3.8, 4) is 0 Å². The van der Waals surface area contributed by atoms with Crippen LogP contribution < -0.4 is 11.1 Å². The maximum absolute atomic E-state index is 11.7. The van der Waals surface area contributed by atoms with Gasteiger partial charge in [-0.05, 0) is 30.5 Å². The molecule has 0 atom stereocenters. The number of hydrogen-bond donors (Lipinski definition) is 2. The zero-order valence-corrected chi connectivity index (χ0v) is 12.5. The summed E-state index contributed by atoms with van der Waals surface area (Å²) in [6, 6.07) is 7.63. The summed E-state index contributed by atoms with van der Waals surface area (Å²) in [5, 5.41) is 6.05. The van der Waals surface area contributed by atoms with Crippen LogP contribution in [0.25, 0.3) is 0 Å². The third-order valence-electron chi connectivity index (χ3n) is 2.83. The number of carbonyl (C=O) groups excluding carboxylic acids is 1. The van der Waals surface area contributed by atoms with E-state index in [4.69, 9.17) is 17.3 Å². The molecule has 0 saturated heterocycles. The highest BCUT2D eigenvalue weighted by atomic mass is 35.5. The highest BCUT2D eigenvalue weighted by Gasteiger charge is 2.04. The number of thiazole rings is 1. The first-order chi connectivity index (χ1) is 9.63. The lowest BCUT2D eigenvalue weighted by molar-refractivity contribution is -0.121. The maximum Gasteiger partial charge on any atom is 0.220 e. The minimum Gasteiger partial charge on any atom is -0.375 e. The van der Waals surface area contributed by atoms with Gasteiger partial charge in [0, 0.05) is 23.4 Å². The molecule has 1 aromatic carbocycles. The number of aryl methyl sites for hydroxylation is 1. The number of anilines is 1. The van der Waals surface area contributed by atoms with E-state index in [2.05, 4.69) is 10.3 Å². The van der Waals surface area contributed by atoms with Crippen molar-refractivity contribution in [1.29, 1.82) is 0 Å². The van der Waals surface area contributed by atoms with E-state index in [9.17, 15) is 4.79 Å². The third kappa shape index (κ3) is 4.83. The topological polar surface area (TPSA) is 68.0 Å². The van der Waals surface area contributed by atoms with Gasteiger partial charge in [-0.15, -0.1) is 11.3 Å². The van der Waals surface area contributed by atoms with Crippen LogP contribution in [0.3, 0.4) is 0 Å². The van der Waals surface area contributed by atoms with Crippen LogP contribution in [0.5, 0.6) is 0 Å². The van der Waals surface area contributed by atoms with Gasteiger partial charge in [0.15, 0.2) is 5.13 Å². The van der Waals surface area contributed by atoms with Gasteiger partial charge in [0.05, 0.1) is 5.69 Å². The largest absolute Gasteiger partial charge is 0.375 e. The molecule has 0 unspecified atom stereocenters. The summed E-state index contributed by atoms with van der Waals surface area (Å²) < 4.78 is 0. The van der Waals surface area contributed by atoms with Gasteiger partial charge in [0.25, 0.3) is 0 Å². The van der Waals surface area contributed by atoms with Crippen LogP contribution in [0.2, 0.25) is 5.02 Å². The summed E-state index contributed by atoms with van der Waals surface area (Å²) in [6.07, 6.45) is 1.86. The van der Waals surface area contributed by atoms with Crippen LogP contribution in [-0.4, -0.2) is 17.4 Å². The molecule has 0 aliphatic rings. The van der Waals surface area contributed by atoms with Gasteiger partial charge in [-0.2, -0.15) is 0 Å². The number of nitrogens with two attached hydrogens (primary N) is 1. The van der Waals surface area contributed by atoms with E-state index in [1.165, 1.54) is 11.3 Å². The molecule has 1 amide bonds. The minimum atomic E-state index is 0.0329. The predicted molar refractivity (Wildman–Crippen MR) is 83.0 cm³/mol. The Hall–Kier alpha value is -1.59. The summed E-state index contributed by atoms with van der Waals surface area (Å²) in [7, 11) is 0. The molecule has 0 radical (unpaired) electrons. The third-order valence-corrected chi connectivity index (χ3v) is 3.80. The molecule has 1 heterocycles. The van der Waals surface area contributed by atoms with Gasteiger partial charge in [-0.1, -0.05) is 23.7 Å². The summed E-state index contributed by atoms with van der Waals surface area (Å²) in [4.78, 5) is 15.8. The van der Waals surface area contributed by atoms with Crippen molar-refractivity contribution in [2.45, 2.75) is 19.3 Å². The first kappa shape index (κ1) is 14.8. The van der Waals surface area contributed by atoms with Crippen molar-refractivity contribution >= 4 is 34.0 Å². The molecule has 0 aliphatic heterocycles. The standard InChI is InChI=1S/C14H16ClN3OS/c15-11-3-1-10(2-4-11)7-8-17-13(19)6-5-12-9-20-14(16)18-12/h1-4,9H,5-8H2,(H2,16,18)(H,17,19). The number of rotatable bonds is 6. The Bertz CT molecular complexity index is 568. The molecule has 1 aromatic heterocycles. The molecule has 2 rings (SSSR count). The van der Waals surface area contributed by atoms with Crippen LogP contribution in [0.1, 0.15) is 17.7 Å². The molecule has 3 N–H and O–H groups in total. The fraction of sp³-hybridized carbons (Fsp3) is 0.286. The maximum atomic E-state index is 11.7. The molecule has 4 nitrogen and oxygen atoms in total. The van der Waals surface area contributed by atoms with Crippen molar-refractivity contribution in [3.05, 3.63) is 45.9 Å². The fourth-order valence-corrected chi connectivity index (χ4v) is 2.49. The van der Waals surface area contributed by atoms with Crippen molar-refractivity contribution in [1.82, 2.24) is 10.3 Å². The van der Waals surface area contributed by atoms with E-state index in [1.54, 1.807) is 0 Å². The number of amides is 1. The summed E-state index contributed by atoms with van der Waals surface area (Å²) in [5.41, 5.74) is 7.57. The van der Waals surface area contributed by atoms with E-state index >= 15 is 0 Å². The second-order valence-electron chi connectivity index (χ2n) is 4.40. The summed E-state index contributed by atoms with van der Waals surface area (Å²) >= 11 is 7.21. The van der Waals surface area contributed by atoms with Gasteiger partial charge in [0.1, 0.15) is 0 Å². The first-order valence-electron chi connectivity index (χ1n) is 6.34.